The fourth-order valence-corrected chi connectivity index (χ4v) is 4.34. The second-order valence-electron chi connectivity index (χ2n) is 6.34. The third-order valence-electron chi connectivity index (χ3n) is 5.14. The summed E-state index contributed by atoms with van der Waals surface area (Å²) in [6.45, 7) is 3.10. The highest BCUT2D eigenvalue weighted by Crippen LogP contribution is 2.44. The zero-order chi connectivity index (χ0) is 16.9. The Morgan fingerprint density at radius 1 is 1.33 bits per heavy atom. The summed E-state index contributed by atoms with van der Waals surface area (Å²) in [6, 6.07) is 3.64. The van der Waals surface area contributed by atoms with Crippen LogP contribution in [0, 0.1) is 6.92 Å². The number of amides is 2. The molecule has 1 spiro atoms. The first-order valence-corrected chi connectivity index (χ1v) is 8.86. The Bertz CT molecular complexity index is 824. The summed E-state index contributed by atoms with van der Waals surface area (Å²) in [5, 5.41) is 2.70. The van der Waals surface area contributed by atoms with Gasteiger partial charge in [-0.15, -0.1) is 11.3 Å². The summed E-state index contributed by atoms with van der Waals surface area (Å²) in [4.78, 5) is 37.5. The van der Waals surface area contributed by atoms with Gasteiger partial charge in [-0.3, -0.25) is 14.6 Å². The van der Waals surface area contributed by atoms with E-state index in [-0.39, 0.29) is 17.4 Å². The molecule has 0 bridgehead atoms. The number of pyridine rings is 1. The van der Waals surface area contributed by atoms with E-state index in [1.54, 1.807) is 17.2 Å². The van der Waals surface area contributed by atoms with E-state index in [0.29, 0.717) is 37.2 Å². The molecule has 24 heavy (non-hydrogen) atoms. The van der Waals surface area contributed by atoms with Crippen molar-refractivity contribution in [2.24, 2.45) is 0 Å². The van der Waals surface area contributed by atoms with Gasteiger partial charge in [-0.25, -0.2) is 4.98 Å². The van der Waals surface area contributed by atoms with Crippen LogP contribution in [0.15, 0.2) is 23.7 Å². The number of carbonyl (C=O) groups excluding carboxylic acids is 2. The number of likely N-dealkylation sites (tertiary alicyclic amines) is 1. The first-order valence-electron chi connectivity index (χ1n) is 7.98. The fourth-order valence-electron chi connectivity index (χ4n) is 3.76. The van der Waals surface area contributed by atoms with Crippen molar-refractivity contribution < 1.29 is 9.59 Å². The van der Waals surface area contributed by atoms with Gasteiger partial charge in [0, 0.05) is 31.7 Å². The molecule has 2 aromatic rings. The average Bonchev–Trinajstić information content (AvgIpc) is 3.13. The molecule has 1 fully saturated rings. The Morgan fingerprint density at radius 3 is 2.75 bits per heavy atom. The van der Waals surface area contributed by atoms with Crippen LogP contribution >= 0.6 is 11.3 Å². The average molecular weight is 342 g/mol. The van der Waals surface area contributed by atoms with Gasteiger partial charge in [0.05, 0.1) is 21.8 Å². The van der Waals surface area contributed by atoms with E-state index >= 15 is 0 Å². The Labute approximate surface area is 144 Å². The Morgan fingerprint density at radius 2 is 2.08 bits per heavy atom. The van der Waals surface area contributed by atoms with E-state index in [4.69, 9.17) is 0 Å². The van der Waals surface area contributed by atoms with Crippen LogP contribution in [0.1, 0.15) is 44.4 Å². The molecule has 2 aliphatic rings. The van der Waals surface area contributed by atoms with Crippen LogP contribution in [0.5, 0.6) is 0 Å². The molecular weight excluding hydrogens is 324 g/mol. The number of hydrogen-bond acceptors (Lipinski definition) is 5. The SMILES string of the molecule is Cc1nc(C(=O)N2CCC3(CC2)c2ncccc2C(=O)N3C)cs1. The van der Waals surface area contributed by atoms with Crippen LogP contribution in [0.3, 0.4) is 0 Å². The number of piperidine rings is 1. The molecule has 4 heterocycles. The van der Waals surface area contributed by atoms with Crippen LogP contribution in [0.2, 0.25) is 0 Å². The Balaban J connectivity index is 1.58. The molecular formula is C17H18N4O2S. The van der Waals surface area contributed by atoms with Crippen molar-refractivity contribution in [1.29, 1.82) is 0 Å². The lowest BCUT2D eigenvalue weighted by Crippen LogP contribution is -2.51. The molecule has 2 aliphatic heterocycles. The topological polar surface area (TPSA) is 66.4 Å². The van der Waals surface area contributed by atoms with Crippen molar-refractivity contribution in [2.45, 2.75) is 25.3 Å². The number of thiazole rings is 1. The third kappa shape index (κ3) is 2.07. The van der Waals surface area contributed by atoms with Crippen molar-refractivity contribution in [2.75, 3.05) is 20.1 Å². The van der Waals surface area contributed by atoms with Crippen LogP contribution < -0.4 is 0 Å². The number of aryl methyl sites for hydroxylation is 1. The van der Waals surface area contributed by atoms with Crippen LogP contribution in [-0.4, -0.2) is 51.7 Å². The minimum Gasteiger partial charge on any atom is -0.337 e. The number of hydrogen-bond donors (Lipinski definition) is 0. The molecule has 0 saturated carbocycles. The number of carbonyl (C=O) groups is 2. The zero-order valence-corrected chi connectivity index (χ0v) is 14.5. The van der Waals surface area contributed by atoms with E-state index in [1.807, 2.05) is 30.3 Å². The van der Waals surface area contributed by atoms with Gasteiger partial charge in [0.2, 0.25) is 0 Å². The summed E-state index contributed by atoms with van der Waals surface area (Å²) in [6.07, 6.45) is 3.14. The van der Waals surface area contributed by atoms with Gasteiger partial charge >= 0.3 is 0 Å². The molecule has 6 nitrogen and oxygen atoms in total. The maximum atomic E-state index is 12.6. The van der Waals surface area contributed by atoms with E-state index < -0.39 is 0 Å². The van der Waals surface area contributed by atoms with Gasteiger partial charge in [0.15, 0.2) is 0 Å². The maximum absolute atomic E-state index is 12.6. The molecule has 4 rings (SSSR count). The van der Waals surface area contributed by atoms with Gasteiger partial charge < -0.3 is 9.80 Å². The normalized spacial score (nSPS) is 19.0. The lowest BCUT2D eigenvalue weighted by Gasteiger charge is -2.43. The second-order valence-corrected chi connectivity index (χ2v) is 7.40. The molecule has 2 amide bonds. The smallest absolute Gasteiger partial charge is 0.273 e. The quantitative estimate of drug-likeness (QED) is 0.796. The van der Waals surface area contributed by atoms with Crippen molar-refractivity contribution in [3.63, 3.8) is 0 Å². The third-order valence-corrected chi connectivity index (χ3v) is 5.92. The van der Waals surface area contributed by atoms with Gasteiger partial charge in [-0.05, 0) is 31.9 Å². The molecule has 124 valence electrons. The van der Waals surface area contributed by atoms with Gasteiger partial charge in [0.25, 0.3) is 11.8 Å². The monoisotopic (exact) mass is 342 g/mol. The van der Waals surface area contributed by atoms with Crippen molar-refractivity contribution in [1.82, 2.24) is 19.8 Å². The highest BCUT2D eigenvalue weighted by atomic mass is 32.1. The lowest BCUT2D eigenvalue weighted by molar-refractivity contribution is 0.0334. The van der Waals surface area contributed by atoms with Crippen molar-refractivity contribution >= 4 is 23.2 Å². The van der Waals surface area contributed by atoms with E-state index in [9.17, 15) is 9.59 Å². The van der Waals surface area contributed by atoms with Gasteiger partial charge in [0.1, 0.15) is 5.69 Å². The molecule has 0 aliphatic carbocycles. The first-order chi connectivity index (χ1) is 11.5. The van der Waals surface area contributed by atoms with Gasteiger partial charge in [-0.2, -0.15) is 0 Å². The van der Waals surface area contributed by atoms with E-state index in [0.717, 1.165) is 10.7 Å². The van der Waals surface area contributed by atoms with Crippen molar-refractivity contribution in [3.8, 4) is 0 Å². The number of nitrogens with zero attached hydrogens (tertiary/aromatic N) is 4. The molecule has 0 radical (unpaired) electrons. The largest absolute Gasteiger partial charge is 0.337 e. The van der Waals surface area contributed by atoms with Crippen LogP contribution in [-0.2, 0) is 5.54 Å². The predicted molar refractivity (Wildman–Crippen MR) is 90.0 cm³/mol. The molecule has 0 aromatic carbocycles. The Kier molecular flexibility index (Phi) is 3.42. The molecule has 7 heteroatoms. The Hall–Kier alpha value is -2.28. The summed E-state index contributed by atoms with van der Waals surface area (Å²) in [5.74, 6) is -0.00424. The second kappa shape index (κ2) is 5.37. The van der Waals surface area contributed by atoms with Crippen molar-refractivity contribution in [3.05, 3.63) is 45.7 Å². The standard InChI is InChI=1S/C17H18N4O2S/c1-11-19-13(10-24-11)16(23)21-8-5-17(6-9-21)14-12(4-3-7-18-14)15(22)20(17)2/h3-4,7,10H,5-6,8-9H2,1-2H3. The predicted octanol–water partition coefficient (Wildman–Crippen LogP) is 2.06. The maximum Gasteiger partial charge on any atom is 0.273 e. The highest BCUT2D eigenvalue weighted by Gasteiger charge is 2.50. The summed E-state index contributed by atoms with van der Waals surface area (Å²) in [5.41, 5.74) is 1.68. The highest BCUT2D eigenvalue weighted by molar-refractivity contribution is 7.09. The lowest BCUT2D eigenvalue weighted by atomic mass is 9.84. The number of rotatable bonds is 1. The summed E-state index contributed by atoms with van der Waals surface area (Å²) < 4.78 is 0. The van der Waals surface area contributed by atoms with E-state index in [2.05, 4.69) is 9.97 Å². The summed E-state index contributed by atoms with van der Waals surface area (Å²) in [7, 11) is 1.84. The van der Waals surface area contributed by atoms with E-state index in [1.165, 1.54) is 11.3 Å². The fraction of sp³-hybridized carbons (Fsp3) is 0.412. The number of aromatic nitrogens is 2. The zero-order valence-electron chi connectivity index (χ0n) is 13.7. The molecule has 1 saturated heterocycles. The molecule has 0 N–H and O–H groups in total. The summed E-state index contributed by atoms with van der Waals surface area (Å²) >= 11 is 1.49. The van der Waals surface area contributed by atoms with Crippen LogP contribution in [0.4, 0.5) is 0 Å². The molecule has 0 atom stereocenters. The number of fused-ring (bicyclic) bond motifs is 2. The minimum absolute atomic E-state index is 0.0213. The van der Waals surface area contributed by atoms with Gasteiger partial charge in [-0.1, -0.05) is 0 Å². The first kappa shape index (κ1) is 15.3. The molecule has 0 unspecified atom stereocenters. The molecule has 2 aromatic heterocycles. The minimum atomic E-state index is -0.386. The van der Waals surface area contributed by atoms with Crippen LogP contribution in [0.25, 0.3) is 0 Å².